The summed E-state index contributed by atoms with van der Waals surface area (Å²) in [5.41, 5.74) is -1.44. The minimum absolute atomic E-state index is 0.132. The third kappa shape index (κ3) is 1.33. The molecule has 1 heterocycles. The molecule has 1 N–H and O–H groups in total. The topological polar surface area (TPSA) is 63.2 Å². The van der Waals surface area contributed by atoms with Crippen LogP contribution < -0.4 is 5.32 Å². The van der Waals surface area contributed by atoms with Gasteiger partial charge < -0.3 is 5.32 Å². The van der Waals surface area contributed by atoms with Crippen molar-refractivity contribution in [3.05, 3.63) is 24.0 Å². The normalized spacial score (nSPS) is 21.1. The molecule has 1 aromatic rings. The fourth-order valence-electron chi connectivity index (χ4n) is 1.65. The van der Waals surface area contributed by atoms with E-state index in [2.05, 4.69) is 5.32 Å². The molecule has 1 aromatic carbocycles. The van der Waals surface area contributed by atoms with Gasteiger partial charge >= 0.3 is 0 Å². The van der Waals surface area contributed by atoms with Crippen molar-refractivity contribution >= 4 is 20.6 Å². The zero-order valence-corrected chi connectivity index (χ0v) is 9.56. The van der Waals surface area contributed by atoms with Crippen LogP contribution in [0.5, 0.6) is 0 Å². The van der Waals surface area contributed by atoms with Gasteiger partial charge in [-0.3, -0.25) is 4.79 Å². The molecule has 0 amide bonds. The molecule has 0 aromatic heterocycles. The summed E-state index contributed by atoms with van der Waals surface area (Å²) >= 11 is 0. The van der Waals surface area contributed by atoms with Crippen molar-refractivity contribution < 1.29 is 17.6 Å². The lowest BCUT2D eigenvalue weighted by Gasteiger charge is -2.31. The van der Waals surface area contributed by atoms with Crippen LogP contribution in [0.4, 0.5) is 10.1 Å². The predicted octanol–water partition coefficient (Wildman–Crippen LogP) is 1.33. The van der Waals surface area contributed by atoms with Crippen LogP contribution >= 0.6 is 0 Å². The van der Waals surface area contributed by atoms with Gasteiger partial charge in [0, 0.05) is 0 Å². The summed E-state index contributed by atoms with van der Waals surface area (Å²) in [6, 6.07) is 3.63. The molecule has 0 unspecified atom stereocenters. The summed E-state index contributed by atoms with van der Waals surface area (Å²) in [7, 11) is -4.09. The van der Waals surface area contributed by atoms with Gasteiger partial charge in [0.05, 0.1) is 5.69 Å². The zero-order valence-electron chi connectivity index (χ0n) is 8.74. The second-order valence-corrected chi connectivity index (χ2v) is 5.97. The molecule has 16 heavy (non-hydrogen) atoms. The lowest BCUT2D eigenvalue weighted by atomic mass is 10.1. The molecule has 4 nitrogen and oxygen atoms in total. The molecular weight excluding hydrogens is 233 g/mol. The highest BCUT2D eigenvalue weighted by Gasteiger charge is 2.45. The molecule has 0 atom stereocenters. The van der Waals surface area contributed by atoms with Crippen LogP contribution in [0.15, 0.2) is 23.1 Å². The van der Waals surface area contributed by atoms with Gasteiger partial charge in [0.15, 0.2) is 0 Å². The van der Waals surface area contributed by atoms with Crippen molar-refractivity contribution in [2.45, 2.75) is 24.3 Å². The van der Waals surface area contributed by atoms with E-state index in [0.717, 1.165) is 6.07 Å². The van der Waals surface area contributed by atoms with Gasteiger partial charge in [-0.1, -0.05) is 6.07 Å². The van der Waals surface area contributed by atoms with E-state index in [1.807, 2.05) is 0 Å². The summed E-state index contributed by atoms with van der Waals surface area (Å²) < 4.78 is 37.1. The molecule has 0 spiro atoms. The van der Waals surface area contributed by atoms with Crippen LogP contribution in [0.2, 0.25) is 0 Å². The maximum Gasteiger partial charge on any atom is 0.275 e. The number of para-hydroxylation sites is 1. The minimum atomic E-state index is -4.09. The Morgan fingerprint density at radius 1 is 1.31 bits per heavy atom. The summed E-state index contributed by atoms with van der Waals surface area (Å²) in [5, 5.41) is 1.66. The predicted molar refractivity (Wildman–Crippen MR) is 56.3 cm³/mol. The number of hydrogen-bond acceptors (Lipinski definition) is 4. The lowest BCUT2D eigenvalue weighted by molar-refractivity contribution is -0.114. The molecule has 6 heteroatoms. The molecule has 1 aliphatic rings. The second-order valence-electron chi connectivity index (χ2n) is 4.15. The fourth-order valence-corrected chi connectivity index (χ4v) is 3.25. The van der Waals surface area contributed by atoms with Crippen LogP contribution in [0.1, 0.15) is 13.8 Å². The van der Waals surface area contributed by atoms with Gasteiger partial charge in [0.2, 0.25) is 9.84 Å². The summed E-state index contributed by atoms with van der Waals surface area (Å²) in [4.78, 5) is 11.4. The number of carbonyl (C=O) groups excluding carboxylic acids is 1. The van der Waals surface area contributed by atoms with E-state index in [4.69, 9.17) is 0 Å². The van der Waals surface area contributed by atoms with E-state index in [0.29, 0.717) is 0 Å². The Morgan fingerprint density at radius 2 is 1.94 bits per heavy atom. The van der Waals surface area contributed by atoms with Gasteiger partial charge in [0.25, 0.3) is 5.12 Å². The Hall–Kier alpha value is -1.43. The molecule has 0 saturated heterocycles. The Bertz CT molecular complexity index is 578. The number of anilines is 1. The van der Waals surface area contributed by atoms with Crippen molar-refractivity contribution in [2.24, 2.45) is 0 Å². The van der Waals surface area contributed by atoms with E-state index in [1.165, 1.54) is 26.0 Å². The first-order chi connectivity index (χ1) is 7.27. The highest BCUT2D eigenvalue weighted by Crippen LogP contribution is 2.35. The smallest absolute Gasteiger partial charge is 0.275 e. The van der Waals surface area contributed by atoms with Crippen molar-refractivity contribution in [3.63, 3.8) is 0 Å². The largest absolute Gasteiger partial charge is 0.369 e. The Labute approximate surface area is 92.4 Å². The Balaban J connectivity index is 2.82. The monoisotopic (exact) mass is 243 g/mol. The standard InChI is InChI=1S/C10H10FNO3S/c1-10(2)9(13)16(14,15)7-5-3-4-6(11)8(7)12-10/h3-5,12H,1-2H3. The maximum atomic E-state index is 13.4. The van der Waals surface area contributed by atoms with Crippen LogP contribution in [0.25, 0.3) is 0 Å². The van der Waals surface area contributed by atoms with Gasteiger partial charge in [0.1, 0.15) is 16.3 Å². The summed E-state index contributed by atoms with van der Waals surface area (Å²) in [6.45, 7) is 2.81. The molecule has 0 fully saturated rings. The average Bonchev–Trinajstić information content (AvgIpc) is 2.17. The summed E-state index contributed by atoms with van der Waals surface area (Å²) in [5.74, 6) is -0.679. The van der Waals surface area contributed by atoms with E-state index >= 15 is 0 Å². The van der Waals surface area contributed by atoms with Crippen LogP contribution in [-0.4, -0.2) is 19.1 Å². The van der Waals surface area contributed by atoms with E-state index in [1.54, 1.807) is 0 Å². The summed E-state index contributed by atoms with van der Waals surface area (Å²) in [6.07, 6.45) is 0. The second kappa shape index (κ2) is 3.04. The maximum absolute atomic E-state index is 13.4. The van der Waals surface area contributed by atoms with Gasteiger partial charge in [-0.2, -0.15) is 0 Å². The molecule has 0 saturated carbocycles. The Morgan fingerprint density at radius 3 is 2.56 bits per heavy atom. The van der Waals surface area contributed by atoms with E-state index < -0.39 is 26.3 Å². The van der Waals surface area contributed by atoms with Crippen molar-refractivity contribution in [1.82, 2.24) is 0 Å². The molecular formula is C10H10FNO3S. The van der Waals surface area contributed by atoms with Crippen LogP contribution in [0.3, 0.4) is 0 Å². The number of sulfone groups is 1. The first-order valence-corrected chi connectivity index (χ1v) is 6.11. The number of fused-ring (bicyclic) bond motifs is 1. The quantitative estimate of drug-likeness (QED) is 0.746. The molecule has 0 aliphatic carbocycles. The number of nitrogens with one attached hydrogen (secondary N) is 1. The van der Waals surface area contributed by atoms with Crippen molar-refractivity contribution in [1.29, 1.82) is 0 Å². The number of carbonyl (C=O) groups is 1. The molecule has 2 rings (SSSR count). The zero-order chi connectivity index (χ0) is 12.1. The SMILES string of the molecule is CC1(C)Nc2c(F)cccc2S(=O)(=O)C1=O. The Kier molecular flexibility index (Phi) is 2.10. The fraction of sp³-hybridized carbons (Fsp3) is 0.300. The molecule has 0 radical (unpaired) electrons. The third-order valence-corrected chi connectivity index (χ3v) is 4.37. The number of rotatable bonds is 0. The number of hydrogen-bond donors (Lipinski definition) is 1. The minimum Gasteiger partial charge on any atom is -0.369 e. The number of benzene rings is 1. The van der Waals surface area contributed by atoms with Crippen LogP contribution in [-0.2, 0) is 14.6 Å². The van der Waals surface area contributed by atoms with Gasteiger partial charge in [-0.15, -0.1) is 0 Å². The third-order valence-electron chi connectivity index (χ3n) is 2.46. The highest BCUT2D eigenvalue weighted by atomic mass is 32.2. The number of halogens is 1. The molecule has 86 valence electrons. The molecule has 1 aliphatic heterocycles. The van der Waals surface area contributed by atoms with Crippen molar-refractivity contribution in [2.75, 3.05) is 5.32 Å². The first-order valence-electron chi connectivity index (χ1n) is 4.63. The van der Waals surface area contributed by atoms with Crippen molar-refractivity contribution in [3.8, 4) is 0 Å². The van der Waals surface area contributed by atoms with Gasteiger partial charge in [-0.05, 0) is 26.0 Å². The first kappa shape index (κ1) is 11.1. The van der Waals surface area contributed by atoms with E-state index in [-0.39, 0.29) is 10.6 Å². The lowest BCUT2D eigenvalue weighted by Crippen LogP contribution is -2.48. The molecule has 0 bridgehead atoms. The van der Waals surface area contributed by atoms with Gasteiger partial charge in [-0.25, -0.2) is 12.8 Å². The van der Waals surface area contributed by atoms with Crippen LogP contribution in [0, 0.1) is 5.82 Å². The highest BCUT2D eigenvalue weighted by molar-refractivity contribution is 8.06. The van der Waals surface area contributed by atoms with E-state index in [9.17, 15) is 17.6 Å². The average molecular weight is 243 g/mol.